The lowest BCUT2D eigenvalue weighted by atomic mass is 9.77. The van der Waals surface area contributed by atoms with Gasteiger partial charge in [-0.3, -0.25) is 0 Å². The SMILES string of the molecule is Cc1ccc(C(C)(CO)Cc2cccc(C)c2)cc1. The van der Waals surface area contributed by atoms with Crippen LogP contribution in [0.4, 0.5) is 0 Å². The summed E-state index contributed by atoms with van der Waals surface area (Å²) in [7, 11) is 0. The van der Waals surface area contributed by atoms with Crippen LogP contribution in [0, 0.1) is 13.8 Å². The molecule has 0 bridgehead atoms. The zero-order valence-electron chi connectivity index (χ0n) is 12.0. The summed E-state index contributed by atoms with van der Waals surface area (Å²) in [5.41, 5.74) is 4.77. The lowest BCUT2D eigenvalue weighted by Gasteiger charge is -2.28. The fourth-order valence-corrected chi connectivity index (χ4v) is 2.48. The number of hydrogen-bond donors (Lipinski definition) is 1. The highest BCUT2D eigenvalue weighted by molar-refractivity contribution is 5.32. The molecule has 2 aromatic rings. The van der Waals surface area contributed by atoms with Gasteiger partial charge in [0.15, 0.2) is 0 Å². The zero-order chi connectivity index (χ0) is 13.9. The van der Waals surface area contributed by atoms with Crippen LogP contribution >= 0.6 is 0 Å². The molecule has 0 aliphatic heterocycles. The Hall–Kier alpha value is -1.60. The van der Waals surface area contributed by atoms with Gasteiger partial charge in [0.1, 0.15) is 0 Å². The molecule has 0 radical (unpaired) electrons. The van der Waals surface area contributed by atoms with Gasteiger partial charge in [-0.15, -0.1) is 0 Å². The highest BCUT2D eigenvalue weighted by Crippen LogP contribution is 2.28. The Morgan fingerprint density at radius 3 is 2.21 bits per heavy atom. The van der Waals surface area contributed by atoms with E-state index in [-0.39, 0.29) is 12.0 Å². The van der Waals surface area contributed by atoms with Crippen LogP contribution in [0.1, 0.15) is 29.2 Å². The van der Waals surface area contributed by atoms with Gasteiger partial charge in [0.2, 0.25) is 0 Å². The largest absolute Gasteiger partial charge is 0.395 e. The molecule has 1 nitrogen and oxygen atoms in total. The van der Waals surface area contributed by atoms with E-state index in [9.17, 15) is 5.11 Å². The van der Waals surface area contributed by atoms with Gasteiger partial charge >= 0.3 is 0 Å². The van der Waals surface area contributed by atoms with Gasteiger partial charge in [-0.25, -0.2) is 0 Å². The molecule has 2 aromatic carbocycles. The van der Waals surface area contributed by atoms with Gasteiger partial charge in [0, 0.05) is 5.41 Å². The molecular formula is C18H22O. The molecule has 0 amide bonds. The topological polar surface area (TPSA) is 20.2 Å². The van der Waals surface area contributed by atoms with Crippen molar-refractivity contribution < 1.29 is 5.11 Å². The summed E-state index contributed by atoms with van der Waals surface area (Å²) in [5.74, 6) is 0. The molecule has 1 heteroatoms. The summed E-state index contributed by atoms with van der Waals surface area (Å²) in [4.78, 5) is 0. The van der Waals surface area contributed by atoms with Gasteiger partial charge in [-0.1, -0.05) is 66.6 Å². The number of aliphatic hydroxyl groups is 1. The molecule has 0 saturated heterocycles. The van der Waals surface area contributed by atoms with Crippen LogP contribution in [-0.4, -0.2) is 11.7 Å². The van der Waals surface area contributed by atoms with Crippen molar-refractivity contribution in [3.05, 3.63) is 70.8 Å². The fraction of sp³-hybridized carbons (Fsp3) is 0.333. The standard InChI is InChI=1S/C18H22O/c1-14-7-9-17(10-8-14)18(3,13-19)12-16-6-4-5-15(2)11-16/h4-11,19H,12-13H2,1-3H3. The van der Waals surface area contributed by atoms with Crippen molar-refractivity contribution in [3.63, 3.8) is 0 Å². The molecule has 0 aromatic heterocycles. The lowest BCUT2D eigenvalue weighted by Crippen LogP contribution is -2.29. The maximum Gasteiger partial charge on any atom is 0.0528 e. The van der Waals surface area contributed by atoms with E-state index in [1.54, 1.807) is 0 Å². The molecule has 100 valence electrons. The summed E-state index contributed by atoms with van der Waals surface area (Å²) < 4.78 is 0. The molecule has 0 aliphatic rings. The summed E-state index contributed by atoms with van der Waals surface area (Å²) in [6.45, 7) is 6.47. The minimum Gasteiger partial charge on any atom is -0.395 e. The second kappa shape index (κ2) is 5.58. The number of hydrogen-bond acceptors (Lipinski definition) is 1. The van der Waals surface area contributed by atoms with E-state index in [1.165, 1.54) is 22.3 Å². The van der Waals surface area contributed by atoms with E-state index >= 15 is 0 Å². The van der Waals surface area contributed by atoms with Crippen molar-refractivity contribution in [1.82, 2.24) is 0 Å². The average Bonchev–Trinajstić information content (AvgIpc) is 2.39. The zero-order valence-corrected chi connectivity index (χ0v) is 12.0. The predicted molar refractivity (Wildman–Crippen MR) is 80.5 cm³/mol. The number of aliphatic hydroxyl groups excluding tert-OH is 1. The smallest absolute Gasteiger partial charge is 0.0528 e. The van der Waals surface area contributed by atoms with Gasteiger partial charge in [-0.2, -0.15) is 0 Å². The molecular weight excluding hydrogens is 232 g/mol. The van der Waals surface area contributed by atoms with Crippen molar-refractivity contribution in [3.8, 4) is 0 Å². The van der Waals surface area contributed by atoms with E-state index in [0.29, 0.717) is 0 Å². The van der Waals surface area contributed by atoms with Crippen LogP contribution in [-0.2, 0) is 11.8 Å². The second-order valence-corrected chi connectivity index (χ2v) is 5.75. The molecule has 1 atom stereocenters. The minimum atomic E-state index is -0.221. The first kappa shape index (κ1) is 13.8. The summed E-state index contributed by atoms with van der Waals surface area (Å²) in [6, 6.07) is 17.0. The molecule has 0 spiro atoms. The summed E-state index contributed by atoms with van der Waals surface area (Å²) in [5, 5.41) is 9.84. The van der Waals surface area contributed by atoms with Crippen molar-refractivity contribution in [2.75, 3.05) is 6.61 Å². The van der Waals surface area contributed by atoms with Crippen molar-refractivity contribution >= 4 is 0 Å². The molecule has 0 aliphatic carbocycles. The van der Waals surface area contributed by atoms with Crippen LogP contribution in [0.25, 0.3) is 0 Å². The van der Waals surface area contributed by atoms with Crippen molar-refractivity contribution in [2.24, 2.45) is 0 Å². The summed E-state index contributed by atoms with van der Waals surface area (Å²) in [6.07, 6.45) is 0.855. The maximum atomic E-state index is 9.84. The second-order valence-electron chi connectivity index (χ2n) is 5.75. The Bertz CT molecular complexity index is 542. The van der Waals surface area contributed by atoms with Crippen LogP contribution < -0.4 is 0 Å². The van der Waals surface area contributed by atoms with E-state index < -0.39 is 0 Å². The third-order valence-electron chi connectivity index (χ3n) is 3.77. The minimum absolute atomic E-state index is 0.157. The monoisotopic (exact) mass is 254 g/mol. The lowest BCUT2D eigenvalue weighted by molar-refractivity contribution is 0.204. The molecule has 19 heavy (non-hydrogen) atoms. The Kier molecular flexibility index (Phi) is 4.06. The molecule has 0 saturated carbocycles. The maximum absolute atomic E-state index is 9.84. The van der Waals surface area contributed by atoms with Gasteiger partial charge in [0.05, 0.1) is 6.61 Å². The van der Waals surface area contributed by atoms with Crippen LogP contribution in [0.5, 0.6) is 0 Å². The van der Waals surface area contributed by atoms with E-state index in [1.807, 2.05) is 0 Å². The number of aryl methyl sites for hydroxylation is 2. The Labute approximate surface area is 115 Å². The van der Waals surface area contributed by atoms with Crippen LogP contribution in [0.15, 0.2) is 48.5 Å². The summed E-state index contributed by atoms with van der Waals surface area (Å²) >= 11 is 0. The predicted octanol–water partition coefficient (Wildman–Crippen LogP) is 3.80. The highest BCUT2D eigenvalue weighted by Gasteiger charge is 2.26. The van der Waals surface area contributed by atoms with Crippen LogP contribution in [0.3, 0.4) is 0 Å². The number of benzene rings is 2. The molecule has 1 unspecified atom stereocenters. The normalized spacial score (nSPS) is 14.1. The molecule has 1 N–H and O–H groups in total. The van der Waals surface area contributed by atoms with Crippen molar-refractivity contribution in [1.29, 1.82) is 0 Å². The Balaban J connectivity index is 2.29. The first-order valence-electron chi connectivity index (χ1n) is 6.77. The highest BCUT2D eigenvalue weighted by atomic mass is 16.3. The Morgan fingerprint density at radius 2 is 1.63 bits per heavy atom. The first-order chi connectivity index (χ1) is 9.03. The van der Waals surface area contributed by atoms with E-state index in [4.69, 9.17) is 0 Å². The van der Waals surface area contributed by atoms with Gasteiger partial charge in [-0.05, 0) is 31.4 Å². The fourth-order valence-electron chi connectivity index (χ4n) is 2.48. The molecule has 0 heterocycles. The van der Waals surface area contributed by atoms with Gasteiger partial charge in [0.25, 0.3) is 0 Å². The molecule has 2 rings (SSSR count). The first-order valence-corrected chi connectivity index (χ1v) is 6.77. The van der Waals surface area contributed by atoms with E-state index in [2.05, 4.69) is 69.3 Å². The van der Waals surface area contributed by atoms with Gasteiger partial charge < -0.3 is 5.11 Å². The quantitative estimate of drug-likeness (QED) is 0.880. The van der Waals surface area contributed by atoms with Crippen molar-refractivity contribution in [2.45, 2.75) is 32.6 Å². The third kappa shape index (κ3) is 3.24. The number of rotatable bonds is 4. The average molecular weight is 254 g/mol. The van der Waals surface area contributed by atoms with E-state index in [0.717, 1.165) is 6.42 Å². The third-order valence-corrected chi connectivity index (χ3v) is 3.77. The Morgan fingerprint density at radius 1 is 0.947 bits per heavy atom. The van der Waals surface area contributed by atoms with Crippen LogP contribution in [0.2, 0.25) is 0 Å². The molecule has 0 fully saturated rings.